The first-order valence-corrected chi connectivity index (χ1v) is 10.6. The smallest absolute Gasteiger partial charge is 0.337 e. The summed E-state index contributed by atoms with van der Waals surface area (Å²) < 4.78 is 16.4. The van der Waals surface area contributed by atoms with Gasteiger partial charge in [-0.25, -0.2) is 4.79 Å². The molecule has 0 aliphatic carbocycles. The molecule has 0 saturated carbocycles. The maximum Gasteiger partial charge on any atom is 0.337 e. The Bertz CT molecular complexity index is 899. The van der Waals surface area contributed by atoms with Crippen LogP contribution in [-0.4, -0.2) is 49.1 Å². The fourth-order valence-electron chi connectivity index (χ4n) is 4.20. The molecule has 2 atom stereocenters. The number of esters is 1. The van der Waals surface area contributed by atoms with Crippen LogP contribution in [0.2, 0.25) is 5.02 Å². The van der Waals surface area contributed by atoms with Gasteiger partial charge >= 0.3 is 5.97 Å². The molecule has 2 aliphatic rings. The number of halogens is 1. The van der Waals surface area contributed by atoms with E-state index < -0.39 is 12.2 Å². The van der Waals surface area contributed by atoms with Gasteiger partial charge in [-0.3, -0.25) is 4.90 Å². The normalized spacial score (nSPS) is 21.2. The van der Waals surface area contributed by atoms with Crippen molar-refractivity contribution < 1.29 is 24.1 Å². The zero-order valence-electron chi connectivity index (χ0n) is 16.9. The van der Waals surface area contributed by atoms with Gasteiger partial charge in [0.25, 0.3) is 0 Å². The van der Waals surface area contributed by atoms with Crippen LogP contribution in [0.25, 0.3) is 0 Å². The van der Waals surface area contributed by atoms with E-state index in [0.29, 0.717) is 42.7 Å². The molecular formula is C23H26ClNO5. The molecule has 0 spiro atoms. The molecule has 2 aliphatic heterocycles. The summed E-state index contributed by atoms with van der Waals surface area (Å²) in [6.45, 7) is 2.14. The van der Waals surface area contributed by atoms with Gasteiger partial charge in [-0.1, -0.05) is 29.8 Å². The van der Waals surface area contributed by atoms with Gasteiger partial charge in [0, 0.05) is 36.3 Å². The third kappa shape index (κ3) is 4.47. The van der Waals surface area contributed by atoms with Crippen molar-refractivity contribution in [2.24, 2.45) is 5.92 Å². The minimum Gasteiger partial charge on any atom is -0.491 e. The Morgan fingerprint density at radius 1 is 1.23 bits per heavy atom. The molecule has 2 aromatic carbocycles. The molecule has 1 N–H and O–H groups in total. The van der Waals surface area contributed by atoms with Gasteiger partial charge in [-0.2, -0.15) is 0 Å². The Hall–Kier alpha value is -2.12. The first-order chi connectivity index (χ1) is 14.6. The first kappa shape index (κ1) is 21.1. The molecule has 160 valence electrons. The molecule has 0 bridgehead atoms. The van der Waals surface area contributed by atoms with Gasteiger partial charge in [-0.15, -0.1) is 0 Å². The summed E-state index contributed by atoms with van der Waals surface area (Å²) >= 11 is 6.25. The van der Waals surface area contributed by atoms with Gasteiger partial charge in [0.1, 0.15) is 18.6 Å². The summed E-state index contributed by atoms with van der Waals surface area (Å²) in [6.07, 6.45) is 0.983. The lowest BCUT2D eigenvalue weighted by Crippen LogP contribution is -2.45. The van der Waals surface area contributed by atoms with Crippen LogP contribution in [0.1, 0.15) is 40.4 Å². The Kier molecular flexibility index (Phi) is 6.58. The third-order valence-corrected chi connectivity index (χ3v) is 6.13. The van der Waals surface area contributed by atoms with Crippen LogP contribution in [0.4, 0.5) is 0 Å². The van der Waals surface area contributed by atoms with E-state index in [1.54, 1.807) is 12.1 Å². The van der Waals surface area contributed by atoms with Gasteiger partial charge in [0.15, 0.2) is 0 Å². The maximum absolute atomic E-state index is 11.9. The van der Waals surface area contributed by atoms with E-state index in [1.807, 2.05) is 30.3 Å². The fourth-order valence-corrected chi connectivity index (χ4v) is 4.40. The predicted octanol–water partition coefficient (Wildman–Crippen LogP) is 3.81. The minimum atomic E-state index is -0.646. The highest BCUT2D eigenvalue weighted by Crippen LogP contribution is 2.36. The highest BCUT2D eigenvalue weighted by atomic mass is 35.5. The molecule has 1 unspecified atom stereocenters. The Morgan fingerprint density at radius 2 is 2.03 bits per heavy atom. The molecule has 1 saturated heterocycles. The van der Waals surface area contributed by atoms with Crippen LogP contribution >= 0.6 is 11.6 Å². The Morgan fingerprint density at radius 3 is 2.77 bits per heavy atom. The largest absolute Gasteiger partial charge is 0.491 e. The van der Waals surface area contributed by atoms with Crippen molar-refractivity contribution in [1.29, 1.82) is 0 Å². The second-order valence-electron chi connectivity index (χ2n) is 7.73. The van der Waals surface area contributed by atoms with Crippen LogP contribution in [-0.2, 0) is 16.0 Å². The van der Waals surface area contributed by atoms with Crippen molar-refractivity contribution in [3.63, 3.8) is 0 Å². The van der Waals surface area contributed by atoms with Crippen molar-refractivity contribution in [2.75, 3.05) is 26.9 Å². The maximum atomic E-state index is 11.9. The third-order valence-electron chi connectivity index (χ3n) is 5.90. The zero-order chi connectivity index (χ0) is 21.1. The number of carbonyl (C=O) groups excluding carboxylic acids is 1. The first-order valence-electron chi connectivity index (χ1n) is 10.2. The minimum absolute atomic E-state index is 0.122. The van der Waals surface area contributed by atoms with E-state index >= 15 is 0 Å². The highest BCUT2D eigenvalue weighted by Gasteiger charge is 2.35. The number of ether oxygens (including phenoxy) is 3. The Labute approximate surface area is 181 Å². The molecule has 2 heterocycles. The molecule has 0 radical (unpaired) electrons. The number of carbonyl (C=O) groups is 1. The van der Waals surface area contributed by atoms with Crippen molar-refractivity contribution in [3.05, 3.63) is 64.2 Å². The van der Waals surface area contributed by atoms with Gasteiger partial charge in [-0.05, 0) is 42.7 Å². The van der Waals surface area contributed by atoms with Gasteiger partial charge in [0.05, 0.1) is 18.7 Å². The van der Waals surface area contributed by atoms with Crippen molar-refractivity contribution in [2.45, 2.75) is 31.7 Å². The van der Waals surface area contributed by atoms with E-state index in [0.717, 1.165) is 24.0 Å². The number of methoxy groups -OCH3 is 1. The predicted molar refractivity (Wildman–Crippen MR) is 113 cm³/mol. The van der Waals surface area contributed by atoms with E-state index in [1.165, 1.54) is 7.11 Å². The van der Waals surface area contributed by atoms with Crippen molar-refractivity contribution in [3.8, 4) is 5.75 Å². The molecule has 0 amide bonds. The number of hydrogen-bond acceptors (Lipinski definition) is 6. The summed E-state index contributed by atoms with van der Waals surface area (Å²) in [5, 5.41) is 12.0. The summed E-state index contributed by atoms with van der Waals surface area (Å²) in [5.74, 6) is 0.346. The average Bonchev–Trinajstić information content (AvgIpc) is 2.98. The van der Waals surface area contributed by atoms with Crippen LogP contribution in [0.15, 0.2) is 42.5 Å². The SMILES string of the molecule is COC(=O)c1ccc2c(c1)OC[C@H](c1cccc(Cl)c1)N(C(O)C1CCOCC1)C2. The number of nitrogens with zero attached hydrogens (tertiary/aromatic N) is 1. The number of rotatable bonds is 4. The second kappa shape index (κ2) is 9.35. The summed E-state index contributed by atoms with van der Waals surface area (Å²) in [6, 6.07) is 12.8. The number of aliphatic hydroxyl groups excluding tert-OH is 1. The van der Waals surface area contributed by atoms with Crippen molar-refractivity contribution >= 4 is 17.6 Å². The molecule has 0 aromatic heterocycles. The number of hydrogen-bond donors (Lipinski definition) is 1. The molecule has 4 rings (SSSR count). The van der Waals surface area contributed by atoms with Crippen LogP contribution in [0.5, 0.6) is 5.75 Å². The molecule has 2 aromatic rings. The van der Waals surface area contributed by atoms with E-state index in [-0.39, 0.29) is 12.0 Å². The number of aliphatic hydroxyl groups is 1. The quantitative estimate of drug-likeness (QED) is 0.742. The summed E-state index contributed by atoms with van der Waals surface area (Å²) in [4.78, 5) is 14.0. The monoisotopic (exact) mass is 431 g/mol. The van der Waals surface area contributed by atoms with E-state index in [9.17, 15) is 9.90 Å². The van der Waals surface area contributed by atoms with Crippen molar-refractivity contribution in [1.82, 2.24) is 4.90 Å². The summed E-state index contributed by atoms with van der Waals surface area (Å²) in [7, 11) is 1.36. The fraction of sp³-hybridized carbons (Fsp3) is 0.435. The lowest BCUT2D eigenvalue weighted by molar-refractivity contribution is -0.0997. The standard InChI is InChI=1S/C23H26ClNO5/c1-28-23(27)17-5-6-18-13-25(22(26)15-7-9-29-10-8-15)20(14-30-21(18)12-17)16-3-2-4-19(24)11-16/h2-6,11-12,15,20,22,26H,7-10,13-14H2,1H3/t20-,22?/m1/s1. The van der Waals surface area contributed by atoms with Crippen LogP contribution < -0.4 is 4.74 Å². The Balaban J connectivity index is 1.68. The zero-order valence-corrected chi connectivity index (χ0v) is 17.7. The van der Waals surface area contributed by atoms with E-state index in [2.05, 4.69) is 4.90 Å². The molecule has 1 fully saturated rings. The van der Waals surface area contributed by atoms with Gasteiger partial charge < -0.3 is 19.3 Å². The van der Waals surface area contributed by atoms with Crippen LogP contribution in [0.3, 0.4) is 0 Å². The number of fused-ring (bicyclic) bond motifs is 1. The molecule has 30 heavy (non-hydrogen) atoms. The lowest BCUT2D eigenvalue weighted by Gasteiger charge is -2.38. The topological polar surface area (TPSA) is 68.2 Å². The molecular weight excluding hydrogens is 406 g/mol. The van der Waals surface area contributed by atoms with Gasteiger partial charge in [0.2, 0.25) is 0 Å². The lowest BCUT2D eigenvalue weighted by atomic mass is 9.95. The molecule has 6 nitrogen and oxygen atoms in total. The number of benzene rings is 2. The second-order valence-corrected chi connectivity index (χ2v) is 8.17. The van der Waals surface area contributed by atoms with Crippen LogP contribution in [0, 0.1) is 5.92 Å². The highest BCUT2D eigenvalue weighted by molar-refractivity contribution is 6.30. The van der Waals surface area contributed by atoms with E-state index in [4.69, 9.17) is 25.8 Å². The average molecular weight is 432 g/mol. The molecule has 7 heteroatoms. The summed E-state index contributed by atoms with van der Waals surface area (Å²) in [5.41, 5.74) is 2.34.